The minimum absolute atomic E-state index is 0.0449. The Balaban J connectivity index is 1.70. The van der Waals surface area contributed by atoms with E-state index in [1.165, 1.54) is 6.92 Å². The smallest absolute Gasteiger partial charge is 0.366 e. The topological polar surface area (TPSA) is 90.0 Å². The van der Waals surface area contributed by atoms with Gasteiger partial charge in [0.05, 0.1) is 11.3 Å². The van der Waals surface area contributed by atoms with Gasteiger partial charge >= 0.3 is 6.18 Å². The zero-order chi connectivity index (χ0) is 21.8. The fourth-order valence-electron chi connectivity index (χ4n) is 4.86. The van der Waals surface area contributed by atoms with Gasteiger partial charge in [0, 0.05) is 12.2 Å². The molecule has 3 N–H and O–H groups in total. The number of carbonyl (C=O) groups excluding carboxylic acids is 2. The molecule has 3 aliphatic carbocycles. The van der Waals surface area contributed by atoms with Crippen LogP contribution in [0.25, 0.3) is 0 Å². The van der Waals surface area contributed by atoms with Crippen LogP contribution in [0, 0.1) is 24.1 Å². The van der Waals surface area contributed by atoms with E-state index in [1.54, 1.807) is 0 Å². The van der Waals surface area contributed by atoms with Gasteiger partial charge in [0.1, 0.15) is 17.1 Å². The molecule has 0 atom stereocenters. The molecule has 5 rings (SSSR count). The Morgan fingerprint density at radius 3 is 2.60 bits per heavy atom. The molecule has 6 nitrogen and oxygen atoms in total. The number of nitrogens with one attached hydrogen (secondary N) is 1. The monoisotopic (exact) mass is 424 g/mol. The van der Waals surface area contributed by atoms with Crippen LogP contribution in [-0.4, -0.2) is 21.6 Å². The van der Waals surface area contributed by atoms with Crippen molar-refractivity contribution in [2.24, 2.45) is 17.1 Å². The van der Waals surface area contributed by atoms with E-state index in [2.05, 4.69) is 10.4 Å². The molecule has 0 radical (unpaired) electrons. The van der Waals surface area contributed by atoms with Gasteiger partial charge < -0.3 is 11.1 Å². The fraction of sp³-hybridized carbons (Fsp3) is 0.450. The van der Waals surface area contributed by atoms with Crippen LogP contribution >= 0.6 is 0 Å². The highest BCUT2D eigenvalue weighted by molar-refractivity contribution is 6.05. The normalized spacial score (nSPS) is 22.6. The summed E-state index contributed by atoms with van der Waals surface area (Å²) in [4.78, 5) is 24.2. The van der Waals surface area contributed by atoms with Crippen molar-refractivity contribution >= 4 is 17.5 Å². The fourth-order valence-corrected chi connectivity index (χ4v) is 4.86. The summed E-state index contributed by atoms with van der Waals surface area (Å²) in [5.41, 5.74) is 2.49. The van der Waals surface area contributed by atoms with Crippen molar-refractivity contribution in [3.05, 3.63) is 46.5 Å². The second-order valence-electron chi connectivity index (χ2n) is 8.29. The summed E-state index contributed by atoms with van der Waals surface area (Å²) in [6.07, 6.45) is -0.980. The number of carbonyl (C=O) groups is 2. The molecular formula is C20H20F4N4O2. The molecule has 1 aromatic carbocycles. The number of aryl methyl sites for hydroxylation is 1. The lowest BCUT2D eigenvalue weighted by Gasteiger charge is -2.38. The van der Waals surface area contributed by atoms with Crippen LogP contribution < -0.4 is 11.1 Å². The number of halogens is 4. The van der Waals surface area contributed by atoms with Crippen LogP contribution in [0.15, 0.2) is 18.2 Å². The number of hydrogen-bond donors (Lipinski definition) is 2. The third kappa shape index (κ3) is 3.44. The van der Waals surface area contributed by atoms with Gasteiger partial charge in [-0.25, -0.2) is 4.39 Å². The average Bonchev–Trinajstić information content (AvgIpc) is 3.28. The van der Waals surface area contributed by atoms with E-state index in [4.69, 9.17) is 5.73 Å². The summed E-state index contributed by atoms with van der Waals surface area (Å²) in [7, 11) is 0. The molecule has 1 heterocycles. The molecule has 3 aliphatic rings. The highest BCUT2D eigenvalue weighted by Crippen LogP contribution is 2.59. The van der Waals surface area contributed by atoms with Crippen molar-refractivity contribution < 1.29 is 27.2 Å². The maximum Gasteiger partial charge on any atom is 0.420 e. The number of fused-ring (bicyclic) bond motifs is 1. The van der Waals surface area contributed by atoms with Gasteiger partial charge in [-0.3, -0.25) is 14.3 Å². The number of aromatic nitrogens is 2. The largest absolute Gasteiger partial charge is 0.420 e. The average molecular weight is 424 g/mol. The molecule has 2 amide bonds. The van der Waals surface area contributed by atoms with Crippen molar-refractivity contribution in [2.75, 3.05) is 5.32 Å². The maximum atomic E-state index is 13.7. The summed E-state index contributed by atoms with van der Waals surface area (Å²) < 4.78 is 56.0. The van der Waals surface area contributed by atoms with E-state index in [0.29, 0.717) is 5.92 Å². The number of primary amides is 1. The zero-order valence-corrected chi connectivity index (χ0v) is 16.1. The molecule has 3 saturated carbocycles. The van der Waals surface area contributed by atoms with E-state index in [9.17, 15) is 27.2 Å². The molecule has 3 fully saturated rings. The van der Waals surface area contributed by atoms with E-state index in [0.717, 1.165) is 48.6 Å². The predicted octanol–water partition coefficient (Wildman–Crippen LogP) is 3.89. The third-order valence-corrected chi connectivity index (χ3v) is 6.13. The van der Waals surface area contributed by atoms with Crippen LogP contribution in [0.5, 0.6) is 0 Å². The van der Waals surface area contributed by atoms with Gasteiger partial charge in [-0.2, -0.15) is 18.3 Å². The second-order valence-corrected chi connectivity index (χ2v) is 8.29. The molecule has 0 saturated heterocycles. The van der Waals surface area contributed by atoms with E-state index in [-0.39, 0.29) is 23.3 Å². The lowest BCUT2D eigenvalue weighted by atomic mass is 9.70. The molecular weight excluding hydrogens is 404 g/mol. The number of anilines is 1. The first-order valence-corrected chi connectivity index (χ1v) is 9.54. The van der Waals surface area contributed by atoms with Crippen LogP contribution in [0.1, 0.15) is 57.8 Å². The van der Waals surface area contributed by atoms with Gasteiger partial charge in [-0.05, 0) is 62.1 Å². The molecule has 0 aliphatic heterocycles. The number of nitrogens with two attached hydrogens (primary N) is 1. The van der Waals surface area contributed by atoms with E-state index in [1.807, 2.05) is 0 Å². The molecule has 2 bridgehead atoms. The second kappa shape index (κ2) is 6.82. The first-order chi connectivity index (χ1) is 14.0. The zero-order valence-electron chi connectivity index (χ0n) is 16.1. The summed E-state index contributed by atoms with van der Waals surface area (Å²) in [5, 5.41) is 6.36. The summed E-state index contributed by atoms with van der Waals surface area (Å²) >= 11 is 0. The van der Waals surface area contributed by atoms with Gasteiger partial charge in [-0.1, -0.05) is 0 Å². The van der Waals surface area contributed by atoms with Gasteiger partial charge in [0.25, 0.3) is 11.8 Å². The Morgan fingerprint density at radius 1 is 1.33 bits per heavy atom. The minimum Gasteiger partial charge on any atom is -0.366 e. The van der Waals surface area contributed by atoms with E-state index >= 15 is 0 Å². The third-order valence-electron chi connectivity index (χ3n) is 6.13. The number of hydrogen-bond acceptors (Lipinski definition) is 3. The Bertz CT molecular complexity index is 1030. The number of alkyl halides is 3. The predicted molar refractivity (Wildman–Crippen MR) is 99.2 cm³/mol. The first kappa shape index (κ1) is 20.4. The molecule has 0 unspecified atom stereocenters. The minimum atomic E-state index is -4.77. The Kier molecular flexibility index (Phi) is 4.63. The van der Waals surface area contributed by atoms with Gasteiger partial charge in [0.15, 0.2) is 0 Å². The van der Waals surface area contributed by atoms with Gasteiger partial charge in [-0.15, -0.1) is 0 Å². The molecule has 160 valence electrons. The molecule has 2 aromatic rings. The summed E-state index contributed by atoms with van der Waals surface area (Å²) in [5.74, 6) is -2.37. The van der Waals surface area contributed by atoms with Crippen LogP contribution in [0.3, 0.4) is 0 Å². The molecule has 10 heteroatoms. The number of benzene rings is 1. The first-order valence-electron chi connectivity index (χ1n) is 9.54. The maximum absolute atomic E-state index is 13.7. The number of rotatable bonds is 5. The van der Waals surface area contributed by atoms with Crippen molar-refractivity contribution in [2.45, 2.75) is 45.3 Å². The van der Waals surface area contributed by atoms with Crippen LogP contribution in [-0.2, 0) is 12.7 Å². The standard InChI is InChI=1S/C20H20F4N4O2/c1-10-15(20(22,23)24)16(28(27-10)9-19-5-4-11(7-19)8-19)18(30)26-12-2-3-14(21)13(6-12)17(25)29/h2-3,6,11H,4-5,7-9H2,1H3,(H2,25,29)(H,26,30). The number of amides is 2. The van der Waals surface area contributed by atoms with Crippen molar-refractivity contribution in [3.63, 3.8) is 0 Å². The highest BCUT2D eigenvalue weighted by Gasteiger charge is 2.51. The van der Waals surface area contributed by atoms with E-state index < -0.39 is 40.6 Å². The van der Waals surface area contributed by atoms with Crippen molar-refractivity contribution in [1.29, 1.82) is 0 Å². The summed E-state index contributed by atoms with van der Waals surface area (Å²) in [6, 6.07) is 3.05. The van der Waals surface area contributed by atoms with Crippen molar-refractivity contribution in [3.8, 4) is 0 Å². The lowest BCUT2D eigenvalue weighted by Crippen LogP contribution is -2.34. The van der Waals surface area contributed by atoms with Crippen molar-refractivity contribution in [1.82, 2.24) is 9.78 Å². The Morgan fingerprint density at radius 2 is 2.03 bits per heavy atom. The molecule has 0 spiro atoms. The Labute approximate surface area is 169 Å². The Hall–Kier alpha value is -2.91. The number of nitrogens with zero attached hydrogens (tertiary/aromatic N) is 2. The summed E-state index contributed by atoms with van der Waals surface area (Å²) in [6.45, 7) is 1.45. The van der Waals surface area contributed by atoms with Crippen LogP contribution in [0.2, 0.25) is 0 Å². The highest BCUT2D eigenvalue weighted by atomic mass is 19.4. The quantitative estimate of drug-likeness (QED) is 0.714. The van der Waals surface area contributed by atoms with Gasteiger partial charge in [0.2, 0.25) is 0 Å². The van der Waals surface area contributed by atoms with Crippen LogP contribution in [0.4, 0.5) is 23.2 Å². The lowest BCUT2D eigenvalue weighted by molar-refractivity contribution is -0.138. The SMILES string of the molecule is Cc1nn(CC23CCC(C2)C3)c(C(=O)Nc2ccc(F)c(C(N)=O)c2)c1C(F)(F)F. The molecule has 1 aromatic heterocycles. The molecule has 30 heavy (non-hydrogen) atoms.